The first kappa shape index (κ1) is 32.3. The van der Waals surface area contributed by atoms with Crippen LogP contribution in [0.1, 0.15) is 105 Å². The molecule has 1 aromatic rings. The molecule has 2 saturated carbocycles. The smallest absolute Gasteiger partial charge is 0.282 e. The molecule has 2 aliphatic rings. The summed E-state index contributed by atoms with van der Waals surface area (Å²) in [6.07, 6.45) is 7.39. The molecule has 6 atom stereocenters. The average Bonchev–Trinajstić information content (AvgIpc) is 2.77. The summed E-state index contributed by atoms with van der Waals surface area (Å²) in [5, 5.41) is 1.99. The Kier molecular flexibility index (Phi) is 10.5. The van der Waals surface area contributed by atoms with Crippen molar-refractivity contribution in [2.24, 2.45) is 35.5 Å². The van der Waals surface area contributed by atoms with Crippen LogP contribution in [0.15, 0.2) is 17.0 Å². The number of hydrogen-bond donors (Lipinski definition) is 1. The molecule has 3 rings (SSSR count). The third-order valence-corrected chi connectivity index (χ3v) is 16.6. The second kappa shape index (κ2) is 12.3. The number of benzene rings is 1. The third-order valence-electron chi connectivity index (χ3n) is 9.77. The highest BCUT2D eigenvalue weighted by atomic mass is 32.2. The quantitative estimate of drug-likeness (QED) is 0.190. The highest BCUT2D eigenvalue weighted by Crippen LogP contribution is 2.61. The highest BCUT2D eigenvalue weighted by Gasteiger charge is 2.47. The molecule has 0 saturated heterocycles. The molecule has 6 heteroatoms. The van der Waals surface area contributed by atoms with Gasteiger partial charge in [0.2, 0.25) is 0 Å². The Hall–Kier alpha value is -0.223. The molecule has 0 aromatic heterocycles. The van der Waals surface area contributed by atoms with E-state index in [4.69, 9.17) is 0 Å². The second-order valence-corrected chi connectivity index (χ2v) is 23.9. The van der Waals surface area contributed by atoms with Crippen molar-refractivity contribution < 1.29 is 13.0 Å². The fourth-order valence-corrected chi connectivity index (χ4v) is 17.5. The van der Waals surface area contributed by atoms with Crippen molar-refractivity contribution in [2.75, 3.05) is 0 Å². The van der Waals surface area contributed by atoms with Gasteiger partial charge in [0.15, 0.2) is 0 Å². The fourth-order valence-electron chi connectivity index (χ4n) is 7.85. The minimum atomic E-state index is -4.38. The molecule has 2 fully saturated rings. The van der Waals surface area contributed by atoms with E-state index in [1.165, 1.54) is 38.5 Å². The highest BCUT2D eigenvalue weighted by molar-refractivity contribution is 7.87. The third kappa shape index (κ3) is 6.97. The summed E-state index contributed by atoms with van der Waals surface area (Å²) in [6, 6.07) is 4.44. The SMILES string of the molecule is CC1CCC(C(C)C)C(P(c2ccc(C(C)C)c([Si](C)(C)C)c2S(=O)(=O)O)C2CC(C)CCC2C(C)C)C1. The van der Waals surface area contributed by atoms with Crippen molar-refractivity contribution in [3.8, 4) is 0 Å². The van der Waals surface area contributed by atoms with Gasteiger partial charge < -0.3 is 0 Å². The van der Waals surface area contributed by atoms with E-state index in [9.17, 15) is 13.0 Å². The van der Waals surface area contributed by atoms with Crippen molar-refractivity contribution in [3.63, 3.8) is 0 Å². The van der Waals surface area contributed by atoms with Crippen LogP contribution in [0.4, 0.5) is 0 Å². The standard InChI is InChI=1S/C32H57O3PSSi/c1-20(2)25-14-12-23(7)18-29(25)36(30-19-24(8)13-15-26(30)21(3)4)28-17-16-27(22(5)6)32(38(9,10)11)31(28)37(33,34)35/h16-17,20-26,29-30H,12-15,18-19H2,1-11H3,(H,33,34,35). The molecular weight excluding hydrogens is 523 g/mol. The van der Waals surface area contributed by atoms with Crippen LogP contribution in [0.2, 0.25) is 19.6 Å². The Balaban J connectivity index is 2.42. The molecule has 6 unspecified atom stereocenters. The van der Waals surface area contributed by atoms with Gasteiger partial charge in [0, 0.05) is 0 Å². The van der Waals surface area contributed by atoms with Crippen LogP contribution in [0.3, 0.4) is 0 Å². The normalized spacial score (nSPS) is 30.3. The van der Waals surface area contributed by atoms with Crippen LogP contribution in [0.5, 0.6) is 0 Å². The molecule has 3 nitrogen and oxygen atoms in total. The molecule has 0 radical (unpaired) electrons. The van der Waals surface area contributed by atoms with Gasteiger partial charge >= 0.3 is 0 Å². The summed E-state index contributed by atoms with van der Waals surface area (Å²) in [5.74, 6) is 3.92. The fraction of sp³-hybridized carbons (Fsp3) is 0.812. The van der Waals surface area contributed by atoms with E-state index in [0.717, 1.165) is 16.1 Å². The van der Waals surface area contributed by atoms with E-state index in [1.807, 2.05) is 0 Å². The summed E-state index contributed by atoms with van der Waals surface area (Å²) in [5.41, 5.74) is 2.13. The van der Waals surface area contributed by atoms with E-state index in [0.29, 0.717) is 51.7 Å². The number of rotatable bonds is 8. The summed E-state index contributed by atoms with van der Waals surface area (Å²) in [4.78, 5) is 0.329. The average molecular weight is 581 g/mol. The predicted octanol–water partition coefficient (Wildman–Crippen LogP) is 8.63. The van der Waals surface area contributed by atoms with E-state index in [1.54, 1.807) is 0 Å². The van der Waals surface area contributed by atoms with Gasteiger partial charge in [-0.2, -0.15) is 8.42 Å². The van der Waals surface area contributed by atoms with Crippen LogP contribution < -0.4 is 10.5 Å². The first-order valence-electron chi connectivity index (χ1n) is 15.4. The predicted molar refractivity (Wildman–Crippen MR) is 170 cm³/mol. The van der Waals surface area contributed by atoms with E-state index in [-0.39, 0.29) is 5.92 Å². The molecule has 38 heavy (non-hydrogen) atoms. The summed E-state index contributed by atoms with van der Waals surface area (Å²) in [6.45, 7) is 25.4. The lowest BCUT2D eigenvalue weighted by atomic mass is 9.76. The Morgan fingerprint density at radius 1 is 0.816 bits per heavy atom. The molecule has 1 N–H and O–H groups in total. The molecule has 218 valence electrons. The Morgan fingerprint density at radius 3 is 1.61 bits per heavy atom. The minimum absolute atomic E-state index is 0.216. The van der Waals surface area contributed by atoms with Crippen molar-refractivity contribution >= 4 is 36.6 Å². The van der Waals surface area contributed by atoms with Crippen molar-refractivity contribution in [2.45, 2.75) is 136 Å². The zero-order chi connectivity index (χ0) is 28.7. The van der Waals surface area contributed by atoms with Crippen molar-refractivity contribution in [1.82, 2.24) is 0 Å². The van der Waals surface area contributed by atoms with Crippen LogP contribution in [0.25, 0.3) is 0 Å². The molecule has 0 spiro atoms. The van der Waals surface area contributed by atoms with Gasteiger partial charge in [-0.25, -0.2) is 0 Å². The Bertz CT molecular complexity index is 1030. The minimum Gasteiger partial charge on any atom is -0.282 e. The topological polar surface area (TPSA) is 54.4 Å². The molecule has 0 amide bonds. The van der Waals surface area contributed by atoms with E-state index < -0.39 is 26.1 Å². The van der Waals surface area contributed by atoms with Gasteiger partial charge in [-0.3, -0.25) is 4.55 Å². The second-order valence-electron chi connectivity index (χ2n) is 15.0. The van der Waals surface area contributed by atoms with Gasteiger partial charge in [0.1, 0.15) is 4.90 Å². The van der Waals surface area contributed by atoms with Crippen LogP contribution in [0, 0.1) is 35.5 Å². The van der Waals surface area contributed by atoms with Gasteiger partial charge in [-0.1, -0.05) is 108 Å². The van der Waals surface area contributed by atoms with Gasteiger partial charge in [0.25, 0.3) is 10.1 Å². The van der Waals surface area contributed by atoms with Crippen LogP contribution >= 0.6 is 7.92 Å². The van der Waals surface area contributed by atoms with E-state index in [2.05, 4.69) is 87.2 Å². The summed E-state index contributed by atoms with van der Waals surface area (Å²) >= 11 is 0. The number of hydrogen-bond acceptors (Lipinski definition) is 2. The zero-order valence-corrected chi connectivity index (χ0v) is 28.9. The lowest BCUT2D eigenvalue weighted by Crippen LogP contribution is -2.48. The first-order valence-corrected chi connectivity index (χ1v) is 21.8. The molecule has 0 heterocycles. The van der Waals surface area contributed by atoms with Crippen molar-refractivity contribution in [3.05, 3.63) is 17.7 Å². The maximum absolute atomic E-state index is 13.5. The van der Waals surface area contributed by atoms with Gasteiger partial charge in [0.05, 0.1) is 8.07 Å². The Morgan fingerprint density at radius 2 is 1.26 bits per heavy atom. The Labute approximate surface area is 237 Å². The molecule has 1 aromatic carbocycles. The molecule has 0 bridgehead atoms. The monoisotopic (exact) mass is 580 g/mol. The summed E-state index contributed by atoms with van der Waals surface area (Å²) < 4.78 is 38.1. The largest absolute Gasteiger partial charge is 0.295 e. The van der Waals surface area contributed by atoms with Gasteiger partial charge in [-0.05, 0) is 94.5 Å². The molecular formula is C32H57O3PSSi. The first-order chi connectivity index (χ1) is 17.4. The van der Waals surface area contributed by atoms with E-state index >= 15 is 0 Å². The molecule has 2 aliphatic carbocycles. The lowest BCUT2D eigenvalue weighted by molar-refractivity contribution is 0.224. The maximum atomic E-state index is 13.5. The maximum Gasteiger partial charge on any atom is 0.295 e. The van der Waals surface area contributed by atoms with Crippen LogP contribution in [-0.4, -0.2) is 32.4 Å². The van der Waals surface area contributed by atoms with Crippen LogP contribution in [-0.2, 0) is 10.1 Å². The lowest BCUT2D eigenvalue weighted by Gasteiger charge is -2.50. The zero-order valence-electron chi connectivity index (χ0n) is 26.2. The molecule has 0 aliphatic heterocycles. The summed E-state index contributed by atoms with van der Waals surface area (Å²) in [7, 11) is -7.27. The van der Waals surface area contributed by atoms with Crippen molar-refractivity contribution in [1.29, 1.82) is 0 Å². The van der Waals surface area contributed by atoms with Gasteiger partial charge in [-0.15, -0.1) is 0 Å².